The lowest BCUT2D eigenvalue weighted by atomic mass is 9.79. The second-order valence-corrected chi connectivity index (χ2v) is 6.47. The third kappa shape index (κ3) is 6.09. The molecule has 0 amide bonds. The molecule has 17 heavy (non-hydrogen) atoms. The third-order valence-corrected chi connectivity index (χ3v) is 3.54. The Morgan fingerprint density at radius 1 is 1.12 bits per heavy atom. The average Bonchev–Trinajstić information content (AvgIpc) is 2.18. The fourth-order valence-corrected chi connectivity index (χ4v) is 2.75. The molecule has 0 aromatic heterocycles. The molecule has 0 N–H and O–H groups in total. The van der Waals surface area contributed by atoms with Crippen molar-refractivity contribution in [2.75, 3.05) is 0 Å². The normalized spacial score (nSPS) is 25.6. The minimum atomic E-state index is -0.337. The van der Waals surface area contributed by atoms with Crippen LogP contribution in [0.4, 0.5) is 0 Å². The maximum absolute atomic E-state index is 11.7. The Bertz CT molecular complexity index is 232. The second kappa shape index (κ2) is 6.42. The molecule has 1 aliphatic carbocycles. The van der Waals surface area contributed by atoms with E-state index in [2.05, 4.69) is 6.92 Å². The van der Waals surface area contributed by atoms with Crippen LogP contribution in [0.1, 0.15) is 72.6 Å². The maximum atomic E-state index is 11.7. The smallest absolute Gasteiger partial charge is 0.306 e. The Kier molecular flexibility index (Phi) is 5.48. The summed E-state index contributed by atoms with van der Waals surface area (Å²) in [6.07, 6.45) is 8.31. The molecule has 0 heterocycles. The molecule has 2 heteroatoms. The monoisotopic (exact) mass is 240 g/mol. The van der Waals surface area contributed by atoms with Crippen LogP contribution < -0.4 is 0 Å². The van der Waals surface area contributed by atoms with Gasteiger partial charge in [0.1, 0.15) is 5.60 Å². The van der Waals surface area contributed by atoms with Gasteiger partial charge in [0.25, 0.3) is 0 Å². The van der Waals surface area contributed by atoms with Crippen molar-refractivity contribution < 1.29 is 9.53 Å². The first-order valence-electron chi connectivity index (χ1n) is 7.12. The fourth-order valence-electron chi connectivity index (χ4n) is 2.75. The van der Waals surface area contributed by atoms with Crippen molar-refractivity contribution >= 4 is 5.97 Å². The molecule has 1 saturated carbocycles. The highest BCUT2D eigenvalue weighted by Crippen LogP contribution is 2.33. The van der Waals surface area contributed by atoms with Crippen molar-refractivity contribution in [1.82, 2.24) is 0 Å². The number of esters is 1. The Morgan fingerprint density at radius 2 is 1.65 bits per heavy atom. The predicted octanol–water partition coefficient (Wildman–Crippen LogP) is 4.32. The van der Waals surface area contributed by atoms with E-state index in [1.807, 2.05) is 20.8 Å². The zero-order valence-corrected chi connectivity index (χ0v) is 11.9. The van der Waals surface area contributed by atoms with Crippen molar-refractivity contribution in [3.05, 3.63) is 0 Å². The molecular weight excluding hydrogens is 212 g/mol. The summed E-state index contributed by atoms with van der Waals surface area (Å²) in [6.45, 7) is 8.06. The maximum Gasteiger partial charge on any atom is 0.306 e. The molecule has 0 bridgehead atoms. The van der Waals surface area contributed by atoms with Crippen LogP contribution in [-0.4, -0.2) is 11.6 Å². The largest absolute Gasteiger partial charge is 0.460 e. The van der Waals surface area contributed by atoms with Gasteiger partial charge in [-0.15, -0.1) is 0 Å². The first-order chi connectivity index (χ1) is 7.90. The molecule has 0 aromatic carbocycles. The summed E-state index contributed by atoms with van der Waals surface area (Å²) < 4.78 is 5.38. The van der Waals surface area contributed by atoms with Crippen LogP contribution >= 0.6 is 0 Å². The molecule has 1 aliphatic rings. The molecule has 0 atom stereocenters. The molecular formula is C15H28O2. The molecule has 0 aliphatic heterocycles. The van der Waals surface area contributed by atoms with Crippen molar-refractivity contribution in [2.24, 2.45) is 11.8 Å². The SMILES string of the molecule is CCCC1CCC(CC(=O)OC(C)(C)C)CC1. The van der Waals surface area contributed by atoms with Crippen LogP contribution in [-0.2, 0) is 9.53 Å². The van der Waals surface area contributed by atoms with Gasteiger partial charge >= 0.3 is 5.97 Å². The van der Waals surface area contributed by atoms with Gasteiger partial charge in [-0.05, 0) is 45.4 Å². The van der Waals surface area contributed by atoms with Gasteiger partial charge in [-0.2, -0.15) is 0 Å². The molecule has 0 saturated heterocycles. The van der Waals surface area contributed by atoms with E-state index in [1.165, 1.54) is 38.5 Å². The summed E-state index contributed by atoms with van der Waals surface area (Å²) in [5.41, 5.74) is -0.337. The first-order valence-corrected chi connectivity index (χ1v) is 7.12. The van der Waals surface area contributed by atoms with E-state index in [-0.39, 0.29) is 11.6 Å². The summed E-state index contributed by atoms with van der Waals surface area (Å²) >= 11 is 0. The van der Waals surface area contributed by atoms with Crippen molar-refractivity contribution in [1.29, 1.82) is 0 Å². The van der Waals surface area contributed by atoms with Gasteiger partial charge in [0.15, 0.2) is 0 Å². The Hall–Kier alpha value is -0.530. The molecule has 100 valence electrons. The highest BCUT2D eigenvalue weighted by Gasteiger charge is 2.25. The lowest BCUT2D eigenvalue weighted by Crippen LogP contribution is -2.26. The highest BCUT2D eigenvalue weighted by molar-refractivity contribution is 5.70. The van der Waals surface area contributed by atoms with Crippen molar-refractivity contribution in [3.8, 4) is 0 Å². The molecule has 0 spiro atoms. The number of carbonyl (C=O) groups is 1. The molecule has 1 rings (SSSR count). The van der Waals surface area contributed by atoms with E-state index in [9.17, 15) is 4.79 Å². The standard InChI is InChI=1S/C15H28O2/c1-5-6-12-7-9-13(10-8-12)11-14(16)17-15(2,3)4/h12-13H,5-11H2,1-4H3. The van der Waals surface area contributed by atoms with Gasteiger partial charge in [0, 0.05) is 6.42 Å². The first kappa shape index (κ1) is 14.5. The van der Waals surface area contributed by atoms with Gasteiger partial charge in [0.2, 0.25) is 0 Å². The minimum absolute atomic E-state index is 0.0172. The van der Waals surface area contributed by atoms with Crippen LogP contribution in [0.5, 0.6) is 0 Å². The van der Waals surface area contributed by atoms with Gasteiger partial charge in [-0.25, -0.2) is 0 Å². The topological polar surface area (TPSA) is 26.3 Å². The third-order valence-electron chi connectivity index (χ3n) is 3.54. The summed E-state index contributed by atoms with van der Waals surface area (Å²) in [7, 11) is 0. The number of hydrogen-bond donors (Lipinski definition) is 0. The molecule has 0 unspecified atom stereocenters. The van der Waals surface area contributed by atoms with E-state index in [1.54, 1.807) is 0 Å². The van der Waals surface area contributed by atoms with E-state index in [4.69, 9.17) is 4.74 Å². The Balaban J connectivity index is 2.24. The van der Waals surface area contributed by atoms with E-state index in [0.29, 0.717) is 12.3 Å². The van der Waals surface area contributed by atoms with E-state index in [0.717, 1.165) is 5.92 Å². The number of hydrogen-bond acceptors (Lipinski definition) is 2. The summed E-state index contributed by atoms with van der Waals surface area (Å²) in [5.74, 6) is 1.46. The van der Waals surface area contributed by atoms with Gasteiger partial charge in [-0.1, -0.05) is 32.6 Å². The highest BCUT2D eigenvalue weighted by atomic mass is 16.6. The summed E-state index contributed by atoms with van der Waals surface area (Å²) in [5, 5.41) is 0. The second-order valence-electron chi connectivity index (χ2n) is 6.47. The van der Waals surface area contributed by atoms with Crippen LogP contribution in [0.2, 0.25) is 0 Å². The predicted molar refractivity (Wildman–Crippen MR) is 70.8 cm³/mol. The molecule has 0 aromatic rings. The summed E-state index contributed by atoms with van der Waals surface area (Å²) in [6, 6.07) is 0. The average molecular weight is 240 g/mol. The Labute approximate surface area is 106 Å². The van der Waals surface area contributed by atoms with Crippen LogP contribution in [0, 0.1) is 11.8 Å². The molecule has 0 radical (unpaired) electrons. The zero-order valence-electron chi connectivity index (χ0n) is 11.9. The number of carbonyl (C=O) groups excluding carboxylic acids is 1. The van der Waals surface area contributed by atoms with Crippen molar-refractivity contribution in [3.63, 3.8) is 0 Å². The van der Waals surface area contributed by atoms with Crippen LogP contribution in [0.3, 0.4) is 0 Å². The van der Waals surface area contributed by atoms with Gasteiger partial charge in [-0.3, -0.25) is 4.79 Å². The number of ether oxygens (including phenoxy) is 1. The molecule has 2 nitrogen and oxygen atoms in total. The Morgan fingerprint density at radius 3 is 2.12 bits per heavy atom. The van der Waals surface area contributed by atoms with E-state index >= 15 is 0 Å². The zero-order chi connectivity index (χ0) is 12.9. The quantitative estimate of drug-likeness (QED) is 0.684. The van der Waals surface area contributed by atoms with Gasteiger partial charge in [0.05, 0.1) is 0 Å². The molecule has 1 fully saturated rings. The van der Waals surface area contributed by atoms with E-state index < -0.39 is 0 Å². The van der Waals surface area contributed by atoms with Crippen LogP contribution in [0.25, 0.3) is 0 Å². The fraction of sp³-hybridized carbons (Fsp3) is 0.933. The minimum Gasteiger partial charge on any atom is -0.460 e. The van der Waals surface area contributed by atoms with Crippen LogP contribution in [0.15, 0.2) is 0 Å². The lowest BCUT2D eigenvalue weighted by Gasteiger charge is -2.28. The van der Waals surface area contributed by atoms with Gasteiger partial charge < -0.3 is 4.74 Å². The number of rotatable bonds is 4. The summed E-state index contributed by atoms with van der Waals surface area (Å²) in [4.78, 5) is 11.7. The lowest BCUT2D eigenvalue weighted by molar-refractivity contribution is -0.156. The van der Waals surface area contributed by atoms with Crippen molar-refractivity contribution in [2.45, 2.75) is 78.2 Å².